The summed E-state index contributed by atoms with van der Waals surface area (Å²) in [5.74, 6) is 0.377. The predicted molar refractivity (Wildman–Crippen MR) is 82.7 cm³/mol. The molecule has 0 spiro atoms. The molecule has 1 atom stereocenters. The van der Waals surface area contributed by atoms with E-state index in [9.17, 15) is 4.79 Å². The van der Waals surface area contributed by atoms with Crippen molar-refractivity contribution in [2.24, 2.45) is 11.7 Å². The van der Waals surface area contributed by atoms with Crippen LogP contribution in [0.5, 0.6) is 0 Å². The van der Waals surface area contributed by atoms with Crippen molar-refractivity contribution in [2.75, 3.05) is 18.5 Å². The lowest BCUT2D eigenvalue weighted by molar-refractivity contribution is -0.122. The average molecular weight is 275 g/mol. The van der Waals surface area contributed by atoms with Gasteiger partial charge < -0.3 is 16.0 Å². The first kappa shape index (κ1) is 14.9. The van der Waals surface area contributed by atoms with E-state index < -0.39 is 6.04 Å². The number of nitrogens with one attached hydrogen (secondary N) is 1. The molecule has 1 aliphatic rings. The first-order chi connectivity index (χ1) is 9.47. The molecule has 0 aromatic heterocycles. The molecule has 1 heterocycles. The molecule has 4 heteroatoms. The largest absolute Gasteiger partial charge is 0.374 e. The molecule has 0 aliphatic carbocycles. The Morgan fingerprint density at radius 3 is 2.90 bits per heavy atom. The van der Waals surface area contributed by atoms with Gasteiger partial charge in [0.25, 0.3) is 0 Å². The van der Waals surface area contributed by atoms with Crippen molar-refractivity contribution in [3.63, 3.8) is 0 Å². The van der Waals surface area contributed by atoms with Crippen LogP contribution in [-0.4, -0.2) is 25.5 Å². The summed E-state index contributed by atoms with van der Waals surface area (Å²) in [5, 5.41) is 2.93. The number of rotatable bonds is 5. The predicted octanol–water partition coefficient (Wildman–Crippen LogP) is 1.67. The lowest BCUT2D eigenvalue weighted by atomic mass is 10.0. The molecule has 4 nitrogen and oxygen atoms in total. The van der Waals surface area contributed by atoms with Crippen LogP contribution in [0.2, 0.25) is 0 Å². The first-order valence-corrected chi connectivity index (χ1v) is 7.33. The number of carbonyl (C=O) groups is 1. The van der Waals surface area contributed by atoms with E-state index in [1.807, 2.05) is 0 Å². The molecule has 3 N–H and O–H groups in total. The molecular formula is C16H25N3O. The van der Waals surface area contributed by atoms with Gasteiger partial charge >= 0.3 is 0 Å². The second-order valence-electron chi connectivity index (χ2n) is 6.09. The minimum atomic E-state index is -0.407. The Hall–Kier alpha value is -1.55. The normalized spacial score (nSPS) is 15.3. The smallest absolute Gasteiger partial charge is 0.237 e. The highest BCUT2D eigenvalue weighted by Crippen LogP contribution is 2.27. The van der Waals surface area contributed by atoms with Gasteiger partial charge in [0.15, 0.2) is 0 Å². The van der Waals surface area contributed by atoms with Crippen molar-refractivity contribution in [2.45, 2.75) is 39.3 Å². The number of likely N-dealkylation sites (N-methyl/N-ethyl adjacent to an activating group) is 1. The van der Waals surface area contributed by atoms with Crippen LogP contribution in [0.1, 0.15) is 31.4 Å². The van der Waals surface area contributed by atoms with Crippen LogP contribution in [0, 0.1) is 5.92 Å². The van der Waals surface area contributed by atoms with Gasteiger partial charge in [-0.05, 0) is 36.0 Å². The van der Waals surface area contributed by atoms with Gasteiger partial charge in [-0.3, -0.25) is 4.79 Å². The van der Waals surface area contributed by atoms with E-state index in [4.69, 9.17) is 5.73 Å². The van der Waals surface area contributed by atoms with Gasteiger partial charge in [0, 0.05) is 25.8 Å². The lowest BCUT2D eigenvalue weighted by Crippen LogP contribution is -2.41. The highest BCUT2D eigenvalue weighted by Gasteiger charge is 2.17. The van der Waals surface area contributed by atoms with E-state index in [0.29, 0.717) is 12.5 Å². The number of benzene rings is 1. The van der Waals surface area contributed by atoms with Crippen molar-refractivity contribution in [1.82, 2.24) is 5.32 Å². The number of nitrogens with two attached hydrogens (primary N) is 1. The van der Waals surface area contributed by atoms with Crippen molar-refractivity contribution >= 4 is 11.6 Å². The summed E-state index contributed by atoms with van der Waals surface area (Å²) in [4.78, 5) is 14.2. The number of amides is 1. The van der Waals surface area contributed by atoms with Crippen LogP contribution in [0.4, 0.5) is 5.69 Å². The van der Waals surface area contributed by atoms with E-state index in [1.165, 1.54) is 11.3 Å². The lowest BCUT2D eigenvalue weighted by Gasteiger charge is -2.15. The quantitative estimate of drug-likeness (QED) is 0.859. The molecule has 0 unspecified atom stereocenters. The molecule has 0 saturated heterocycles. The molecule has 110 valence electrons. The number of hydrogen-bond acceptors (Lipinski definition) is 3. The zero-order chi connectivity index (χ0) is 14.7. The fourth-order valence-corrected chi connectivity index (χ4v) is 2.67. The molecule has 0 fully saturated rings. The minimum absolute atomic E-state index is 0.0590. The number of anilines is 1. The zero-order valence-corrected chi connectivity index (χ0v) is 12.6. The molecule has 2 rings (SSSR count). The van der Waals surface area contributed by atoms with Gasteiger partial charge in [-0.15, -0.1) is 0 Å². The van der Waals surface area contributed by atoms with Gasteiger partial charge in [-0.2, -0.15) is 0 Å². The Kier molecular flexibility index (Phi) is 4.65. The van der Waals surface area contributed by atoms with Gasteiger partial charge in [-0.1, -0.05) is 26.0 Å². The third-order valence-electron chi connectivity index (χ3n) is 3.80. The Labute approximate surface area is 121 Å². The molecule has 1 aromatic rings. The Balaban J connectivity index is 1.90. The average Bonchev–Trinajstić information content (AvgIpc) is 2.76. The molecule has 0 radical (unpaired) electrons. The third-order valence-corrected chi connectivity index (χ3v) is 3.80. The van der Waals surface area contributed by atoms with Crippen LogP contribution < -0.4 is 16.0 Å². The maximum Gasteiger partial charge on any atom is 0.237 e. The van der Waals surface area contributed by atoms with Crippen molar-refractivity contribution in [1.29, 1.82) is 0 Å². The minimum Gasteiger partial charge on any atom is -0.374 e. The van der Waals surface area contributed by atoms with Crippen LogP contribution >= 0.6 is 0 Å². The summed E-state index contributed by atoms with van der Waals surface area (Å²) in [5.41, 5.74) is 9.68. The summed E-state index contributed by atoms with van der Waals surface area (Å²) < 4.78 is 0. The second-order valence-corrected chi connectivity index (χ2v) is 6.09. The highest BCUT2D eigenvalue weighted by atomic mass is 16.2. The molecule has 1 amide bonds. The number of fused-ring (bicyclic) bond motifs is 1. The van der Waals surface area contributed by atoms with Crippen LogP contribution in [0.3, 0.4) is 0 Å². The highest BCUT2D eigenvalue weighted by molar-refractivity contribution is 5.81. The SMILES string of the molecule is CC(C)C[C@H](N)C(=O)NCc1ccc2c(c1)CCN2C. The van der Waals surface area contributed by atoms with Crippen molar-refractivity contribution in [3.8, 4) is 0 Å². The van der Waals surface area contributed by atoms with E-state index in [0.717, 1.165) is 24.9 Å². The van der Waals surface area contributed by atoms with E-state index in [2.05, 4.69) is 49.3 Å². The Morgan fingerprint density at radius 1 is 1.45 bits per heavy atom. The van der Waals surface area contributed by atoms with Gasteiger partial charge in [0.05, 0.1) is 6.04 Å². The second kappa shape index (κ2) is 6.27. The number of carbonyl (C=O) groups excluding carboxylic acids is 1. The number of hydrogen-bond donors (Lipinski definition) is 2. The molecule has 20 heavy (non-hydrogen) atoms. The molecule has 1 aromatic carbocycles. The summed E-state index contributed by atoms with van der Waals surface area (Å²) in [6.07, 6.45) is 1.81. The van der Waals surface area contributed by atoms with Gasteiger partial charge in [-0.25, -0.2) is 0 Å². The van der Waals surface area contributed by atoms with Crippen LogP contribution in [-0.2, 0) is 17.8 Å². The van der Waals surface area contributed by atoms with Gasteiger partial charge in [0.2, 0.25) is 5.91 Å². The van der Waals surface area contributed by atoms with Gasteiger partial charge in [0.1, 0.15) is 0 Å². The summed E-state index contributed by atoms with van der Waals surface area (Å²) in [6, 6.07) is 6.00. The van der Waals surface area contributed by atoms with E-state index in [-0.39, 0.29) is 5.91 Å². The van der Waals surface area contributed by atoms with E-state index >= 15 is 0 Å². The fraction of sp³-hybridized carbons (Fsp3) is 0.562. The molecule has 1 aliphatic heterocycles. The zero-order valence-electron chi connectivity index (χ0n) is 12.6. The van der Waals surface area contributed by atoms with Crippen molar-refractivity contribution in [3.05, 3.63) is 29.3 Å². The summed E-state index contributed by atoms with van der Waals surface area (Å²) in [7, 11) is 2.11. The molecule has 0 bridgehead atoms. The van der Waals surface area contributed by atoms with Crippen LogP contribution in [0.15, 0.2) is 18.2 Å². The van der Waals surface area contributed by atoms with Crippen molar-refractivity contribution < 1.29 is 4.79 Å². The maximum absolute atomic E-state index is 11.9. The fourth-order valence-electron chi connectivity index (χ4n) is 2.67. The first-order valence-electron chi connectivity index (χ1n) is 7.33. The van der Waals surface area contributed by atoms with E-state index in [1.54, 1.807) is 0 Å². The van der Waals surface area contributed by atoms with Crippen LogP contribution in [0.25, 0.3) is 0 Å². The monoisotopic (exact) mass is 275 g/mol. The number of nitrogens with zero attached hydrogens (tertiary/aromatic N) is 1. The topological polar surface area (TPSA) is 58.4 Å². The molecular weight excluding hydrogens is 250 g/mol. The third kappa shape index (κ3) is 3.51. The molecule has 0 saturated carbocycles. The standard InChI is InChI=1S/C16H25N3O/c1-11(2)8-14(17)16(20)18-10-12-4-5-15-13(9-12)6-7-19(15)3/h4-5,9,11,14H,6-8,10,17H2,1-3H3,(H,18,20)/t14-/m0/s1. The Bertz CT molecular complexity index is 485. The summed E-state index contributed by atoms with van der Waals surface area (Å²) >= 11 is 0. The Morgan fingerprint density at radius 2 is 2.20 bits per heavy atom. The maximum atomic E-state index is 11.9. The summed E-state index contributed by atoms with van der Waals surface area (Å²) in [6.45, 7) is 5.78.